The van der Waals surface area contributed by atoms with Crippen molar-refractivity contribution in [3.63, 3.8) is 0 Å². The molecule has 1 N–H and O–H groups in total. The number of hydrogen-bond donors (Lipinski definition) is 1. The van der Waals surface area contributed by atoms with Gasteiger partial charge in [0.05, 0.1) is 42.7 Å². The number of ether oxygens (including phenoxy) is 6. The Morgan fingerprint density at radius 3 is 1.81 bits per heavy atom. The normalized spacial score (nSPS) is 10.9. The number of carbonyl (C=O) groups excluding carboxylic acids is 1. The van der Waals surface area contributed by atoms with Crippen molar-refractivity contribution in [1.29, 1.82) is 0 Å². The van der Waals surface area contributed by atoms with Crippen LogP contribution in [0, 0.1) is 0 Å². The fourth-order valence-electron chi connectivity index (χ4n) is 3.62. The van der Waals surface area contributed by atoms with E-state index in [1.165, 1.54) is 27.4 Å². The third-order valence-electron chi connectivity index (χ3n) is 5.51. The maximum Gasteiger partial charge on any atom is 0.248 e. The van der Waals surface area contributed by atoms with Crippen LogP contribution >= 0.6 is 0 Å². The van der Waals surface area contributed by atoms with Crippen LogP contribution in [0.25, 0.3) is 18.2 Å². The number of methoxy groups -OCH3 is 6. The molecule has 0 fully saturated rings. The third-order valence-corrected chi connectivity index (χ3v) is 5.51. The largest absolute Gasteiger partial charge is 0.497 e. The number of anilines is 1. The SMILES string of the molecule is COc1ccc(/C=C/c2cc(OC)cc(OC)c2/C=C/C(=O)Nc2cc(OC)c(OC)c(OC)c2)cc1. The van der Waals surface area contributed by atoms with E-state index < -0.39 is 0 Å². The van der Waals surface area contributed by atoms with E-state index in [-0.39, 0.29) is 5.91 Å². The van der Waals surface area contributed by atoms with E-state index >= 15 is 0 Å². The van der Waals surface area contributed by atoms with E-state index in [9.17, 15) is 4.79 Å². The minimum absolute atomic E-state index is 0.350. The first-order valence-electron chi connectivity index (χ1n) is 11.3. The zero-order chi connectivity index (χ0) is 26.8. The summed E-state index contributed by atoms with van der Waals surface area (Å²) in [4.78, 5) is 12.8. The van der Waals surface area contributed by atoms with Crippen molar-refractivity contribution in [2.24, 2.45) is 0 Å². The van der Waals surface area contributed by atoms with Crippen LogP contribution in [0.4, 0.5) is 5.69 Å². The standard InChI is InChI=1S/C29H31NO7/c1-32-22-11-8-19(9-12-22)7-10-20-15-23(33-2)18-25(34-3)24(20)13-14-28(31)30-21-16-26(35-4)29(37-6)27(17-21)36-5/h7-18H,1-6H3,(H,30,31)/b10-7+,14-13+. The summed E-state index contributed by atoms with van der Waals surface area (Å²) in [7, 11) is 9.33. The van der Waals surface area contributed by atoms with Gasteiger partial charge in [0.25, 0.3) is 0 Å². The van der Waals surface area contributed by atoms with E-state index in [1.54, 1.807) is 45.6 Å². The maximum absolute atomic E-state index is 12.8. The molecule has 3 aromatic rings. The molecule has 8 nitrogen and oxygen atoms in total. The molecule has 0 aliphatic carbocycles. The van der Waals surface area contributed by atoms with Crippen LogP contribution in [-0.2, 0) is 4.79 Å². The van der Waals surface area contributed by atoms with Gasteiger partial charge in [-0.05, 0) is 35.4 Å². The quantitative estimate of drug-likeness (QED) is 0.270. The first-order valence-corrected chi connectivity index (χ1v) is 11.3. The van der Waals surface area contributed by atoms with Crippen LogP contribution in [0.2, 0.25) is 0 Å². The molecule has 3 aromatic carbocycles. The first-order chi connectivity index (χ1) is 18.0. The van der Waals surface area contributed by atoms with Crippen LogP contribution in [0.3, 0.4) is 0 Å². The molecule has 37 heavy (non-hydrogen) atoms. The van der Waals surface area contributed by atoms with E-state index in [0.717, 1.165) is 16.9 Å². The molecule has 0 aliphatic rings. The van der Waals surface area contributed by atoms with Gasteiger partial charge in [-0.1, -0.05) is 24.3 Å². The Bertz CT molecular complexity index is 1260. The lowest BCUT2D eigenvalue weighted by Gasteiger charge is -2.14. The zero-order valence-electron chi connectivity index (χ0n) is 21.8. The average molecular weight is 506 g/mol. The van der Waals surface area contributed by atoms with Crippen molar-refractivity contribution in [2.75, 3.05) is 48.0 Å². The summed E-state index contributed by atoms with van der Waals surface area (Å²) < 4.78 is 32.3. The van der Waals surface area contributed by atoms with Crippen LogP contribution in [-0.4, -0.2) is 48.6 Å². The number of nitrogens with one attached hydrogen (secondary N) is 1. The second-order valence-corrected chi connectivity index (χ2v) is 7.68. The third kappa shape index (κ3) is 6.76. The molecule has 194 valence electrons. The number of rotatable bonds is 11. The molecule has 0 aromatic heterocycles. The molecule has 0 bridgehead atoms. The Balaban J connectivity index is 1.91. The lowest BCUT2D eigenvalue weighted by atomic mass is 10.0. The highest BCUT2D eigenvalue weighted by Gasteiger charge is 2.14. The number of carbonyl (C=O) groups is 1. The predicted octanol–water partition coefficient (Wildman–Crippen LogP) is 5.56. The summed E-state index contributed by atoms with van der Waals surface area (Å²) in [6, 6.07) is 14.6. The van der Waals surface area contributed by atoms with Gasteiger partial charge in [-0.2, -0.15) is 0 Å². The molecule has 8 heteroatoms. The Hall–Kier alpha value is -4.59. The van der Waals surface area contributed by atoms with Crippen molar-refractivity contribution in [3.8, 4) is 34.5 Å². The summed E-state index contributed by atoms with van der Waals surface area (Å²) >= 11 is 0. The minimum Gasteiger partial charge on any atom is -0.497 e. The highest BCUT2D eigenvalue weighted by atomic mass is 16.5. The molecule has 1 amide bonds. The average Bonchev–Trinajstić information content (AvgIpc) is 2.94. The molecule has 0 heterocycles. The number of amides is 1. The monoisotopic (exact) mass is 505 g/mol. The van der Waals surface area contributed by atoms with Gasteiger partial charge in [0, 0.05) is 35.5 Å². The van der Waals surface area contributed by atoms with Gasteiger partial charge in [0.1, 0.15) is 17.2 Å². The highest BCUT2D eigenvalue weighted by molar-refractivity contribution is 6.03. The van der Waals surface area contributed by atoms with Crippen molar-refractivity contribution in [3.05, 3.63) is 71.3 Å². The summed E-state index contributed by atoms with van der Waals surface area (Å²) in [6.07, 6.45) is 7.02. The van der Waals surface area contributed by atoms with E-state index in [4.69, 9.17) is 28.4 Å². The first kappa shape index (κ1) is 27.0. The van der Waals surface area contributed by atoms with Gasteiger partial charge >= 0.3 is 0 Å². The van der Waals surface area contributed by atoms with Crippen LogP contribution < -0.4 is 33.7 Å². The van der Waals surface area contributed by atoms with E-state index in [2.05, 4.69) is 5.32 Å². The Labute approximate surface area is 217 Å². The van der Waals surface area contributed by atoms with Gasteiger partial charge < -0.3 is 33.7 Å². The van der Waals surface area contributed by atoms with Gasteiger partial charge in [-0.25, -0.2) is 0 Å². The highest BCUT2D eigenvalue weighted by Crippen LogP contribution is 2.40. The lowest BCUT2D eigenvalue weighted by molar-refractivity contribution is -0.111. The van der Waals surface area contributed by atoms with Gasteiger partial charge in [0.15, 0.2) is 11.5 Å². The molecule has 0 aliphatic heterocycles. The van der Waals surface area contributed by atoms with Gasteiger partial charge in [-0.3, -0.25) is 4.79 Å². The fraction of sp³-hybridized carbons (Fsp3) is 0.207. The summed E-state index contributed by atoms with van der Waals surface area (Å²) in [5.74, 6) is 2.93. The molecule has 0 radical (unpaired) electrons. The summed E-state index contributed by atoms with van der Waals surface area (Å²) in [5.41, 5.74) is 3.00. The molecule has 0 saturated carbocycles. The lowest BCUT2D eigenvalue weighted by Crippen LogP contribution is -2.08. The molecular weight excluding hydrogens is 474 g/mol. The van der Waals surface area contributed by atoms with Gasteiger partial charge in [-0.15, -0.1) is 0 Å². The topological polar surface area (TPSA) is 84.5 Å². The Morgan fingerprint density at radius 1 is 0.649 bits per heavy atom. The number of hydrogen-bond acceptors (Lipinski definition) is 7. The predicted molar refractivity (Wildman–Crippen MR) is 145 cm³/mol. The second-order valence-electron chi connectivity index (χ2n) is 7.68. The molecule has 0 atom stereocenters. The number of benzene rings is 3. The van der Waals surface area contributed by atoms with Crippen molar-refractivity contribution < 1.29 is 33.2 Å². The fourth-order valence-corrected chi connectivity index (χ4v) is 3.62. The smallest absolute Gasteiger partial charge is 0.248 e. The van der Waals surface area contributed by atoms with Crippen LogP contribution in [0.15, 0.2) is 54.6 Å². The Kier molecular flexibility index (Phi) is 9.43. The van der Waals surface area contributed by atoms with E-state index in [1.807, 2.05) is 42.5 Å². The van der Waals surface area contributed by atoms with E-state index in [0.29, 0.717) is 40.0 Å². The molecule has 0 saturated heterocycles. The molecule has 3 rings (SSSR count). The zero-order valence-corrected chi connectivity index (χ0v) is 21.8. The molecule has 0 spiro atoms. The molecular formula is C29H31NO7. The maximum atomic E-state index is 12.8. The van der Waals surface area contributed by atoms with Crippen molar-refractivity contribution >= 4 is 29.8 Å². The van der Waals surface area contributed by atoms with Crippen LogP contribution in [0.1, 0.15) is 16.7 Å². The second kappa shape index (κ2) is 12.9. The summed E-state index contributed by atoms with van der Waals surface area (Å²) in [6.45, 7) is 0. The minimum atomic E-state index is -0.350. The summed E-state index contributed by atoms with van der Waals surface area (Å²) in [5, 5.41) is 2.82. The van der Waals surface area contributed by atoms with Crippen molar-refractivity contribution in [1.82, 2.24) is 0 Å². The Morgan fingerprint density at radius 2 is 1.27 bits per heavy atom. The van der Waals surface area contributed by atoms with Crippen LogP contribution in [0.5, 0.6) is 34.5 Å². The molecule has 0 unspecified atom stereocenters. The van der Waals surface area contributed by atoms with Gasteiger partial charge in [0.2, 0.25) is 11.7 Å². The van der Waals surface area contributed by atoms with Crippen molar-refractivity contribution in [2.45, 2.75) is 0 Å².